The van der Waals surface area contributed by atoms with E-state index in [1.807, 2.05) is 17.6 Å². The van der Waals surface area contributed by atoms with E-state index in [1.165, 1.54) is 0 Å². The lowest BCUT2D eigenvalue weighted by molar-refractivity contribution is 0.0906. The summed E-state index contributed by atoms with van der Waals surface area (Å²) in [5.74, 6) is 0.973. The van der Waals surface area contributed by atoms with E-state index in [0.717, 1.165) is 5.56 Å². The quantitative estimate of drug-likeness (QED) is 0.505. The summed E-state index contributed by atoms with van der Waals surface area (Å²) >= 11 is 5.84. The highest BCUT2D eigenvalue weighted by Gasteiger charge is 2.30. The summed E-state index contributed by atoms with van der Waals surface area (Å²) in [5.41, 5.74) is 1.52. The number of amides is 1. The van der Waals surface area contributed by atoms with E-state index in [2.05, 4.69) is 35.9 Å². The topological polar surface area (TPSA) is 58.8 Å². The lowest BCUT2D eigenvalue weighted by Gasteiger charge is -2.30. The summed E-state index contributed by atoms with van der Waals surface area (Å²) in [6.07, 6.45) is 0. The normalized spacial score (nSPS) is 19.3. The second-order valence-electron chi connectivity index (χ2n) is 4.97. The first kappa shape index (κ1) is 13.8. The van der Waals surface area contributed by atoms with Crippen LogP contribution < -0.4 is 5.32 Å². The average Bonchev–Trinajstić information content (AvgIpc) is 2.68. The Morgan fingerprint density at radius 2 is 2.32 bits per heavy atom. The number of hydrogen-bond donors (Lipinski definition) is 1. The zero-order valence-electron chi connectivity index (χ0n) is 11.3. The second kappa shape index (κ2) is 5.17. The van der Waals surface area contributed by atoms with Crippen LogP contribution in [0, 0.1) is 12.8 Å². The molecule has 0 aromatic carbocycles. The average molecular weight is 281 g/mol. The van der Waals surface area contributed by atoms with Crippen molar-refractivity contribution in [1.29, 1.82) is 0 Å². The number of carbonyl (C=O) groups is 1. The molecule has 0 bridgehead atoms. The molecule has 1 aromatic rings. The Bertz CT molecular complexity index is 559. The standard InChI is InChI=1S/C13H17ClN4O/c1-7(2)10-6-16-12(19)9-5-8(3)11(18(9)10)17-13(14)15-4/h5,7,10H,4,6H2,1-3H3,(H,16,19)/t10-/m1/s1. The van der Waals surface area contributed by atoms with Gasteiger partial charge in [0, 0.05) is 6.54 Å². The zero-order chi connectivity index (χ0) is 14.2. The highest BCUT2D eigenvalue weighted by Crippen LogP contribution is 2.33. The van der Waals surface area contributed by atoms with Gasteiger partial charge in [-0.15, -0.1) is 0 Å². The third-order valence-corrected chi connectivity index (χ3v) is 3.53. The van der Waals surface area contributed by atoms with E-state index in [0.29, 0.717) is 24.0 Å². The van der Waals surface area contributed by atoms with Crippen molar-refractivity contribution in [3.05, 3.63) is 17.3 Å². The van der Waals surface area contributed by atoms with E-state index >= 15 is 0 Å². The Morgan fingerprint density at radius 3 is 2.89 bits per heavy atom. The highest BCUT2D eigenvalue weighted by molar-refractivity contribution is 6.65. The third-order valence-electron chi connectivity index (χ3n) is 3.33. The van der Waals surface area contributed by atoms with Crippen molar-refractivity contribution in [1.82, 2.24) is 9.88 Å². The largest absolute Gasteiger partial charge is 0.349 e. The van der Waals surface area contributed by atoms with Gasteiger partial charge in [-0.2, -0.15) is 0 Å². The summed E-state index contributed by atoms with van der Waals surface area (Å²) in [6.45, 7) is 10.1. The lowest BCUT2D eigenvalue weighted by atomic mass is 10.0. The molecule has 2 heterocycles. The summed E-state index contributed by atoms with van der Waals surface area (Å²) < 4.78 is 1.95. The van der Waals surface area contributed by atoms with Gasteiger partial charge < -0.3 is 9.88 Å². The molecule has 0 saturated carbocycles. The molecule has 1 aliphatic heterocycles. The molecule has 2 rings (SSSR count). The van der Waals surface area contributed by atoms with Crippen molar-refractivity contribution in [2.75, 3.05) is 6.54 Å². The fraction of sp³-hybridized carbons (Fsp3) is 0.462. The lowest BCUT2D eigenvalue weighted by Crippen LogP contribution is -2.40. The first-order chi connectivity index (χ1) is 8.95. The second-order valence-corrected chi connectivity index (χ2v) is 5.30. The van der Waals surface area contributed by atoms with Crippen LogP contribution in [0.5, 0.6) is 0 Å². The van der Waals surface area contributed by atoms with Crippen LogP contribution in [0.15, 0.2) is 16.1 Å². The molecular formula is C13H17ClN4O. The van der Waals surface area contributed by atoms with E-state index in [4.69, 9.17) is 11.6 Å². The van der Waals surface area contributed by atoms with Crippen molar-refractivity contribution in [2.24, 2.45) is 15.9 Å². The van der Waals surface area contributed by atoms with Gasteiger partial charge in [-0.05, 0) is 42.8 Å². The molecule has 102 valence electrons. The highest BCUT2D eigenvalue weighted by atomic mass is 35.5. The van der Waals surface area contributed by atoms with E-state index < -0.39 is 0 Å². The molecule has 1 aromatic heterocycles. The Hall–Kier alpha value is -1.62. The number of rotatable bonds is 2. The molecule has 1 N–H and O–H groups in total. The number of aliphatic imine (C=N–C) groups is 2. The van der Waals surface area contributed by atoms with Gasteiger partial charge in [0.1, 0.15) is 11.5 Å². The predicted molar refractivity (Wildman–Crippen MR) is 77.9 cm³/mol. The molecule has 6 heteroatoms. The van der Waals surface area contributed by atoms with Gasteiger partial charge in [0.2, 0.25) is 5.29 Å². The van der Waals surface area contributed by atoms with Crippen molar-refractivity contribution in [2.45, 2.75) is 26.8 Å². The van der Waals surface area contributed by atoms with Crippen molar-refractivity contribution >= 4 is 35.3 Å². The summed E-state index contributed by atoms with van der Waals surface area (Å²) in [5, 5.41) is 2.98. The molecule has 1 atom stereocenters. The Morgan fingerprint density at radius 1 is 1.63 bits per heavy atom. The fourth-order valence-corrected chi connectivity index (χ4v) is 2.41. The maximum absolute atomic E-state index is 11.9. The van der Waals surface area contributed by atoms with Crippen LogP contribution in [0.1, 0.15) is 35.9 Å². The van der Waals surface area contributed by atoms with Gasteiger partial charge in [-0.25, -0.2) is 9.98 Å². The summed E-state index contributed by atoms with van der Waals surface area (Å²) in [6, 6.07) is 1.99. The van der Waals surface area contributed by atoms with Crippen LogP contribution in [-0.2, 0) is 0 Å². The molecular weight excluding hydrogens is 264 g/mol. The van der Waals surface area contributed by atoms with Crippen LogP contribution >= 0.6 is 11.6 Å². The molecule has 0 unspecified atom stereocenters. The fourth-order valence-electron chi connectivity index (χ4n) is 2.33. The van der Waals surface area contributed by atoms with Crippen molar-refractivity contribution in [3.8, 4) is 0 Å². The molecule has 0 spiro atoms. The van der Waals surface area contributed by atoms with Crippen LogP contribution in [0.4, 0.5) is 5.82 Å². The maximum Gasteiger partial charge on any atom is 0.268 e. The number of amidine groups is 1. The van der Waals surface area contributed by atoms with Gasteiger partial charge in [0.15, 0.2) is 0 Å². The maximum atomic E-state index is 11.9. The van der Waals surface area contributed by atoms with Gasteiger partial charge in [0.25, 0.3) is 5.91 Å². The minimum Gasteiger partial charge on any atom is -0.349 e. The van der Waals surface area contributed by atoms with Crippen molar-refractivity contribution in [3.63, 3.8) is 0 Å². The van der Waals surface area contributed by atoms with Crippen LogP contribution in [0.25, 0.3) is 0 Å². The minimum absolute atomic E-state index is 0.0795. The predicted octanol–water partition coefficient (Wildman–Crippen LogP) is 2.66. The SMILES string of the molecule is C=NC(Cl)=Nc1c(C)cc2n1[C@@H](C(C)C)CNC2=O. The van der Waals surface area contributed by atoms with Gasteiger partial charge in [-0.1, -0.05) is 13.8 Å². The number of nitrogens with zero attached hydrogens (tertiary/aromatic N) is 3. The smallest absolute Gasteiger partial charge is 0.268 e. The molecule has 0 fully saturated rings. The van der Waals surface area contributed by atoms with Gasteiger partial charge in [-0.3, -0.25) is 4.79 Å². The van der Waals surface area contributed by atoms with E-state index in [1.54, 1.807) is 0 Å². The molecule has 1 aliphatic rings. The third kappa shape index (κ3) is 2.42. The monoisotopic (exact) mass is 280 g/mol. The van der Waals surface area contributed by atoms with Crippen molar-refractivity contribution < 1.29 is 4.79 Å². The molecule has 0 radical (unpaired) electrons. The summed E-state index contributed by atoms with van der Waals surface area (Å²) in [4.78, 5) is 19.8. The number of carbonyl (C=O) groups excluding carboxylic acids is 1. The summed E-state index contributed by atoms with van der Waals surface area (Å²) in [7, 11) is 0. The van der Waals surface area contributed by atoms with Gasteiger partial charge >= 0.3 is 0 Å². The Kier molecular flexibility index (Phi) is 3.75. The van der Waals surface area contributed by atoms with E-state index in [9.17, 15) is 4.79 Å². The zero-order valence-corrected chi connectivity index (χ0v) is 12.0. The Labute approximate surface area is 117 Å². The first-order valence-corrected chi connectivity index (χ1v) is 6.54. The van der Waals surface area contributed by atoms with Gasteiger partial charge in [0.05, 0.1) is 6.04 Å². The van der Waals surface area contributed by atoms with Crippen LogP contribution in [0.2, 0.25) is 0 Å². The number of hydrogen-bond acceptors (Lipinski definition) is 2. The number of halogens is 1. The Balaban J connectivity index is 2.63. The van der Waals surface area contributed by atoms with E-state index in [-0.39, 0.29) is 17.2 Å². The number of nitrogens with one attached hydrogen (secondary N) is 1. The van der Waals surface area contributed by atoms with Crippen LogP contribution in [0.3, 0.4) is 0 Å². The molecule has 0 aliphatic carbocycles. The molecule has 5 nitrogen and oxygen atoms in total. The molecule has 1 amide bonds. The molecule has 0 saturated heterocycles. The number of fused-ring (bicyclic) bond motifs is 1. The minimum atomic E-state index is -0.0795. The first-order valence-electron chi connectivity index (χ1n) is 6.16. The number of aromatic nitrogens is 1. The number of aryl methyl sites for hydroxylation is 1. The molecule has 19 heavy (non-hydrogen) atoms. The van der Waals surface area contributed by atoms with Crippen LogP contribution in [-0.4, -0.2) is 29.0 Å².